The molecule has 17 heavy (non-hydrogen) atoms. The van der Waals surface area contributed by atoms with Crippen LogP contribution in [0.15, 0.2) is 18.3 Å². The van der Waals surface area contributed by atoms with Crippen LogP contribution in [0.4, 0.5) is 5.82 Å². The van der Waals surface area contributed by atoms with E-state index in [4.69, 9.17) is 10.00 Å². The topological polar surface area (TPSA) is 61.2 Å². The van der Waals surface area contributed by atoms with Crippen molar-refractivity contribution in [1.29, 1.82) is 5.26 Å². The molecule has 0 saturated heterocycles. The Kier molecular flexibility index (Phi) is 6.00. The van der Waals surface area contributed by atoms with Crippen molar-refractivity contribution >= 4 is 5.82 Å². The minimum atomic E-state index is 0.576. The predicted octanol–water partition coefficient (Wildman–Crippen LogP) is 0.943. The number of nitriles is 1. The molecule has 0 aromatic carbocycles. The van der Waals surface area contributed by atoms with Crippen LogP contribution < -0.4 is 5.32 Å². The molecule has 0 aliphatic rings. The summed E-state index contributed by atoms with van der Waals surface area (Å²) in [6.45, 7) is 3.26. The van der Waals surface area contributed by atoms with Gasteiger partial charge in [-0.1, -0.05) is 0 Å². The fourth-order valence-electron chi connectivity index (χ4n) is 1.36. The van der Waals surface area contributed by atoms with E-state index in [0.717, 1.165) is 26.2 Å². The molecule has 92 valence electrons. The fourth-order valence-corrected chi connectivity index (χ4v) is 1.36. The van der Waals surface area contributed by atoms with E-state index >= 15 is 0 Å². The van der Waals surface area contributed by atoms with Crippen molar-refractivity contribution < 1.29 is 4.74 Å². The second kappa shape index (κ2) is 7.60. The number of hydrogen-bond donors (Lipinski definition) is 1. The second-order valence-electron chi connectivity index (χ2n) is 3.73. The Morgan fingerprint density at radius 1 is 1.53 bits per heavy atom. The van der Waals surface area contributed by atoms with Gasteiger partial charge in [0.05, 0.1) is 12.2 Å². The molecule has 0 spiro atoms. The minimum Gasteiger partial charge on any atom is -0.383 e. The third-order valence-corrected chi connectivity index (χ3v) is 2.39. The lowest BCUT2D eigenvalue weighted by atomic mass is 10.3. The van der Waals surface area contributed by atoms with Crippen molar-refractivity contribution in [2.24, 2.45) is 0 Å². The monoisotopic (exact) mass is 234 g/mol. The summed E-state index contributed by atoms with van der Waals surface area (Å²) in [7, 11) is 3.73. The number of anilines is 1. The van der Waals surface area contributed by atoms with Gasteiger partial charge in [0.25, 0.3) is 0 Å². The zero-order chi connectivity index (χ0) is 12.5. The van der Waals surface area contributed by atoms with E-state index in [2.05, 4.69) is 21.3 Å². The summed E-state index contributed by atoms with van der Waals surface area (Å²) >= 11 is 0. The number of ether oxygens (including phenoxy) is 1. The minimum absolute atomic E-state index is 0.576. The number of likely N-dealkylation sites (N-methyl/N-ethyl adjacent to an activating group) is 1. The molecule has 1 aromatic rings. The Labute approximate surface area is 102 Å². The Morgan fingerprint density at radius 3 is 3.06 bits per heavy atom. The van der Waals surface area contributed by atoms with Crippen molar-refractivity contribution in [2.45, 2.75) is 0 Å². The lowest BCUT2D eigenvalue weighted by Crippen LogP contribution is -2.28. The molecule has 0 radical (unpaired) electrons. The van der Waals surface area contributed by atoms with E-state index in [9.17, 15) is 0 Å². The first kappa shape index (κ1) is 13.4. The van der Waals surface area contributed by atoms with Crippen LogP contribution in [-0.4, -0.2) is 50.3 Å². The van der Waals surface area contributed by atoms with Gasteiger partial charge in [-0.25, -0.2) is 4.98 Å². The van der Waals surface area contributed by atoms with Crippen molar-refractivity contribution in [3.05, 3.63) is 23.9 Å². The maximum absolute atomic E-state index is 8.89. The maximum atomic E-state index is 8.89. The molecule has 5 nitrogen and oxygen atoms in total. The van der Waals surface area contributed by atoms with E-state index in [1.165, 1.54) is 0 Å². The van der Waals surface area contributed by atoms with Crippen LogP contribution in [0.2, 0.25) is 0 Å². The van der Waals surface area contributed by atoms with Crippen molar-refractivity contribution in [1.82, 2.24) is 9.88 Å². The van der Waals surface area contributed by atoms with Crippen LogP contribution in [0.5, 0.6) is 0 Å². The highest BCUT2D eigenvalue weighted by Gasteiger charge is 2.02. The van der Waals surface area contributed by atoms with Gasteiger partial charge in [0, 0.05) is 32.9 Å². The summed E-state index contributed by atoms with van der Waals surface area (Å²) in [6, 6.07) is 5.62. The van der Waals surface area contributed by atoms with E-state index < -0.39 is 0 Å². The van der Waals surface area contributed by atoms with Gasteiger partial charge in [0.2, 0.25) is 0 Å². The molecular formula is C12H18N4O. The summed E-state index contributed by atoms with van der Waals surface area (Å²) in [5, 5.41) is 12.0. The van der Waals surface area contributed by atoms with E-state index in [-0.39, 0.29) is 0 Å². The summed E-state index contributed by atoms with van der Waals surface area (Å²) < 4.78 is 5.00. The van der Waals surface area contributed by atoms with E-state index in [0.29, 0.717) is 11.4 Å². The number of pyridine rings is 1. The van der Waals surface area contributed by atoms with Crippen molar-refractivity contribution in [3.63, 3.8) is 0 Å². The molecule has 1 N–H and O–H groups in total. The molecular weight excluding hydrogens is 216 g/mol. The van der Waals surface area contributed by atoms with Gasteiger partial charge >= 0.3 is 0 Å². The van der Waals surface area contributed by atoms with Crippen LogP contribution >= 0.6 is 0 Å². The van der Waals surface area contributed by atoms with Crippen molar-refractivity contribution in [3.8, 4) is 6.07 Å². The summed E-state index contributed by atoms with van der Waals surface area (Å²) in [6.07, 6.45) is 1.68. The molecule has 0 amide bonds. The number of hydrogen-bond acceptors (Lipinski definition) is 5. The SMILES string of the molecule is COCCN(C)CCNc1ncccc1C#N. The smallest absolute Gasteiger partial charge is 0.143 e. The standard InChI is InChI=1S/C12H18N4O/c1-16(8-9-17-2)7-6-15-12-11(10-13)4-3-5-14-12/h3-5H,6-9H2,1-2H3,(H,14,15). The number of rotatable bonds is 7. The Morgan fingerprint density at radius 2 is 2.35 bits per heavy atom. The lowest BCUT2D eigenvalue weighted by Gasteiger charge is -2.16. The van der Waals surface area contributed by atoms with Gasteiger partial charge in [-0.2, -0.15) is 5.26 Å². The van der Waals surface area contributed by atoms with Gasteiger partial charge in [-0.15, -0.1) is 0 Å². The lowest BCUT2D eigenvalue weighted by molar-refractivity contribution is 0.163. The zero-order valence-electron chi connectivity index (χ0n) is 10.3. The number of nitrogens with one attached hydrogen (secondary N) is 1. The molecule has 0 aliphatic carbocycles. The molecule has 5 heteroatoms. The van der Waals surface area contributed by atoms with Gasteiger partial charge in [-0.3, -0.25) is 0 Å². The number of methoxy groups -OCH3 is 1. The number of aromatic nitrogens is 1. The van der Waals surface area contributed by atoms with E-state index in [1.54, 1.807) is 25.4 Å². The second-order valence-corrected chi connectivity index (χ2v) is 3.73. The molecule has 0 saturated carbocycles. The molecule has 1 rings (SSSR count). The first-order valence-electron chi connectivity index (χ1n) is 5.54. The third-order valence-electron chi connectivity index (χ3n) is 2.39. The van der Waals surface area contributed by atoms with Crippen LogP contribution in [0.25, 0.3) is 0 Å². The summed E-state index contributed by atoms with van der Waals surface area (Å²) in [5.41, 5.74) is 0.576. The molecule has 0 bridgehead atoms. The number of nitrogens with zero attached hydrogens (tertiary/aromatic N) is 3. The first-order valence-corrected chi connectivity index (χ1v) is 5.54. The van der Waals surface area contributed by atoms with E-state index in [1.807, 2.05) is 7.05 Å². The third kappa shape index (κ3) is 4.81. The van der Waals surface area contributed by atoms with Gasteiger partial charge < -0.3 is 15.0 Å². The highest BCUT2D eigenvalue weighted by molar-refractivity contribution is 5.51. The van der Waals surface area contributed by atoms with Crippen LogP contribution in [-0.2, 0) is 4.74 Å². The van der Waals surface area contributed by atoms with Crippen LogP contribution in [0, 0.1) is 11.3 Å². The van der Waals surface area contributed by atoms with Gasteiger partial charge in [0.15, 0.2) is 0 Å². The fraction of sp³-hybridized carbons (Fsp3) is 0.500. The van der Waals surface area contributed by atoms with Crippen LogP contribution in [0.3, 0.4) is 0 Å². The van der Waals surface area contributed by atoms with Crippen LogP contribution in [0.1, 0.15) is 5.56 Å². The highest BCUT2D eigenvalue weighted by Crippen LogP contribution is 2.08. The van der Waals surface area contributed by atoms with Crippen molar-refractivity contribution in [2.75, 3.05) is 45.7 Å². The quantitative estimate of drug-likeness (QED) is 0.761. The summed E-state index contributed by atoms with van der Waals surface area (Å²) in [4.78, 5) is 6.29. The molecule has 0 aliphatic heterocycles. The Hall–Kier alpha value is -1.64. The van der Waals surface area contributed by atoms with Gasteiger partial charge in [-0.05, 0) is 19.2 Å². The zero-order valence-corrected chi connectivity index (χ0v) is 10.3. The predicted molar refractivity (Wildman–Crippen MR) is 66.8 cm³/mol. The van der Waals surface area contributed by atoms with Gasteiger partial charge in [0.1, 0.15) is 11.9 Å². The average Bonchev–Trinajstić information content (AvgIpc) is 2.37. The molecule has 0 atom stereocenters. The largest absolute Gasteiger partial charge is 0.383 e. The highest BCUT2D eigenvalue weighted by atomic mass is 16.5. The molecule has 1 heterocycles. The molecule has 1 aromatic heterocycles. The molecule has 0 fully saturated rings. The first-order chi connectivity index (χ1) is 8.27. The summed E-state index contributed by atoms with van der Waals surface area (Å²) in [5.74, 6) is 0.648. The Balaban J connectivity index is 2.33. The average molecular weight is 234 g/mol. The Bertz CT molecular complexity index is 375. The normalized spacial score (nSPS) is 10.2. The maximum Gasteiger partial charge on any atom is 0.143 e. The molecule has 0 unspecified atom stereocenters.